The van der Waals surface area contributed by atoms with Gasteiger partial charge < -0.3 is 4.74 Å². The van der Waals surface area contributed by atoms with Gasteiger partial charge in [0.25, 0.3) is 0 Å². The summed E-state index contributed by atoms with van der Waals surface area (Å²) >= 11 is 0. The van der Waals surface area contributed by atoms with Crippen LogP contribution in [0, 0.1) is 5.82 Å². The largest absolute Gasteiger partial charge is 0.464 e. The van der Waals surface area contributed by atoms with Crippen molar-refractivity contribution in [3.05, 3.63) is 77.4 Å². The van der Waals surface area contributed by atoms with Gasteiger partial charge in [0, 0.05) is 12.1 Å². The van der Waals surface area contributed by atoms with Crippen LogP contribution in [-0.4, -0.2) is 31.3 Å². The van der Waals surface area contributed by atoms with Crippen LogP contribution >= 0.6 is 0 Å². The normalized spacial score (nSPS) is 11.4. The molecule has 0 radical (unpaired) electrons. The van der Waals surface area contributed by atoms with E-state index in [1.165, 1.54) is 30.0 Å². The van der Waals surface area contributed by atoms with Gasteiger partial charge in [0.2, 0.25) is 10.0 Å². The molecular weight excluding hydrogens is 373 g/mol. The summed E-state index contributed by atoms with van der Waals surface area (Å²) in [7, 11) is -2.82. The van der Waals surface area contributed by atoms with Gasteiger partial charge in [0.15, 0.2) is 5.69 Å². The Kier molecular flexibility index (Phi) is 5.06. The Hall–Kier alpha value is -3.04. The standard InChI is InChI=1S/C18H16FN3O4S/c1-26-18(23)16-10-13(9-12-5-3-2-4-6-12)22(21-16)17-8-7-14(11-15(17)19)27(20,24)25/h2-8,10-11H,9H2,1H3,(H2,20,24,25). The molecule has 7 nitrogen and oxygen atoms in total. The second-order valence-electron chi connectivity index (χ2n) is 5.74. The van der Waals surface area contributed by atoms with E-state index in [1.54, 1.807) is 0 Å². The van der Waals surface area contributed by atoms with Crippen molar-refractivity contribution in [1.29, 1.82) is 0 Å². The van der Waals surface area contributed by atoms with Crippen LogP contribution in [0.5, 0.6) is 0 Å². The first-order valence-electron chi connectivity index (χ1n) is 7.83. The number of ether oxygens (including phenoxy) is 1. The molecule has 0 aliphatic rings. The number of primary sulfonamides is 1. The van der Waals surface area contributed by atoms with Gasteiger partial charge in [-0.1, -0.05) is 30.3 Å². The molecule has 140 valence electrons. The van der Waals surface area contributed by atoms with E-state index in [1.807, 2.05) is 30.3 Å². The van der Waals surface area contributed by atoms with E-state index in [-0.39, 0.29) is 16.3 Å². The number of methoxy groups -OCH3 is 1. The van der Waals surface area contributed by atoms with Crippen molar-refractivity contribution in [1.82, 2.24) is 9.78 Å². The van der Waals surface area contributed by atoms with E-state index < -0.39 is 21.8 Å². The fraction of sp³-hybridized carbons (Fsp3) is 0.111. The van der Waals surface area contributed by atoms with E-state index in [2.05, 4.69) is 9.84 Å². The molecule has 0 saturated carbocycles. The highest BCUT2D eigenvalue weighted by Crippen LogP contribution is 2.21. The lowest BCUT2D eigenvalue weighted by Crippen LogP contribution is -2.13. The smallest absolute Gasteiger partial charge is 0.358 e. The molecule has 0 aliphatic carbocycles. The van der Waals surface area contributed by atoms with Crippen LogP contribution < -0.4 is 5.14 Å². The van der Waals surface area contributed by atoms with Crippen LogP contribution in [0.25, 0.3) is 5.69 Å². The maximum absolute atomic E-state index is 14.6. The number of halogens is 1. The second kappa shape index (κ2) is 7.29. The number of benzene rings is 2. The Morgan fingerprint density at radius 3 is 2.48 bits per heavy atom. The predicted octanol–water partition coefficient (Wildman–Crippen LogP) is 2.04. The molecule has 0 bridgehead atoms. The first kappa shape index (κ1) is 18.7. The van der Waals surface area contributed by atoms with Crippen molar-refractivity contribution in [3.8, 4) is 5.69 Å². The third kappa shape index (κ3) is 4.04. The maximum Gasteiger partial charge on any atom is 0.358 e. The zero-order valence-electron chi connectivity index (χ0n) is 14.3. The molecule has 0 amide bonds. The van der Waals surface area contributed by atoms with Crippen molar-refractivity contribution in [3.63, 3.8) is 0 Å². The van der Waals surface area contributed by atoms with Crippen LogP contribution in [0.4, 0.5) is 4.39 Å². The quantitative estimate of drug-likeness (QED) is 0.673. The average Bonchev–Trinajstić information content (AvgIpc) is 3.04. The van der Waals surface area contributed by atoms with Crippen molar-refractivity contribution >= 4 is 16.0 Å². The summed E-state index contributed by atoms with van der Waals surface area (Å²) in [5.41, 5.74) is 1.46. The molecule has 0 unspecified atom stereocenters. The van der Waals surface area contributed by atoms with Crippen molar-refractivity contribution in [2.24, 2.45) is 5.14 Å². The lowest BCUT2D eigenvalue weighted by molar-refractivity contribution is 0.0593. The van der Waals surface area contributed by atoms with Crippen LogP contribution in [0.1, 0.15) is 21.7 Å². The number of hydrogen-bond donors (Lipinski definition) is 1. The van der Waals surface area contributed by atoms with Crippen LogP contribution in [0.3, 0.4) is 0 Å². The zero-order chi connectivity index (χ0) is 19.6. The molecule has 0 atom stereocenters. The Morgan fingerprint density at radius 2 is 1.89 bits per heavy atom. The van der Waals surface area contributed by atoms with Crippen LogP contribution in [0.15, 0.2) is 59.5 Å². The van der Waals surface area contributed by atoms with Gasteiger partial charge >= 0.3 is 5.97 Å². The van der Waals surface area contributed by atoms with E-state index in [4.69, 9.17) is 5.14 Å². The van der Waals surface area contributed by atoms with E-state index in [9.17, 15) is 17.6 Å². The SMILES string of the molecule is COC(=O)c1cc(Cc2ccccc2)n(-c2ccc(S(N)(=O)=O)cc2F)n1. The number of aromatic nitrogens is 2. The number of esters is 1. The third-order valence-electron chi connectivity index (χ3n) is 3.88. The van der Waals surface area contributed by atoms with Gasteiger partial charge in [0.05, 0.1) is 12.0 Å². The van der Waals surface area contributed by atoms with Crippen molar-refractivity contribution in [2.45, 2.75) is 11.3 Å². The number of carbonyl (C=O) groups is 1. The lowest BCUT2D eigenvalue weighted by atomic mass is 10.1. The minimum absolute atomic E-state index is 0.0107. The summed E-state index contributed by atoms with van der Waals surface area (Å²) in [6.07, 6.45) is 0.376. The van der Waals surface area contributed by atoms with E-state index >= 15 is 0 Å². The first-order valence-corrected chi connectivity index (χ1v) is 9.38. The molecule has 0 saturated heterocycles. The minimum Gasteiger partial charge on any atom is -0.464 e. The second-order valence-corrected chi connectivity index (χ2v) is 7.31. The molecule has 1 heterocycles. The van der Waals surface area contributed by atoms with Crippen LogP contribution in [-0.2, 0) is 21.2 Å². The van der Waals surface area contributed by atoms with E-state index in [0.29, 0.717) is 12.1 Å². The number of nitrogens with zero attached hydrogens (tertiary/aromatic N) is 2. The molecule has 0 spiro atoms. The summed E-state index contributed by atoms with van der Waals surface area (Å²) < 4.78 is 43.3. The molecule has 2 N–H and O–H groups in total. The predicted molar refractivity (Wildman–Crippen MR) is 95.5 cm³/mol. The first-order chi connectivity index (χ1) is 12.8. The molecule has 1 aromatic heterocycles. The van der Waals surface area contributed by atoms with Gasteiger partial charge in [0.1, 0.15) is 11.5 Å². The third-order valence-corrected chi connectivity index (χ3v) is 4.79. The fourth-order valence-electron chi connectivity index (χ4n) is 2.60. The summed E-state index contributed by atoms with van der Waals surface area (Å²) in [5, 5.41) is 9.15. The number of hydrogen-bond acceptors (Lipinski definition) is 5. The van der Waals surface area contributed by atoms with Crippen molar-refractivity contribution < 1.29 is 22.3 Å². The highest BCUT2D eigenvalue weighted by atomic mass is 32.2. The average molecular weight is 389 g/mol. The van der Waals surface area contributed by atoms with Gasteiger partial charge in [-0.15, -0.1) is 0 Å². The van der Waals surface area contributed by atoms with Gasteiger partial charge in [-0.05, 0) is 29.8 Å². The van der Waals surface area contributed by atoms with Crippen LogP contribution in [0.2, 0.25) is 0 Å². The number of nitrogens with two attached hydrogens (primary N) is 1. The summed E-state index contributed by atoms with van der Waals surface area (Å²) in [6, 6.07) is 14.1. The molecule has 2 aromatic carbocycles. The molecule has 0 fully saturated rings. The molecule has 3 aromatic rings. The Bertz CT molecular complexity index is 1100. The highest BCUT2D eigenvalue weighted by Gasteiger charge is 2.19. The Balaban J connectivity index is 2.11. The molecule has 27 heavy (non-hydrogen) atoms. The number of rotatable bonds is 5. The lowest BCUT2D eigenvalue weighted by Gasteiger charge is -2.10. The Morgan fingerprint density at radius 1 is 1.19 bits per heavy atom. The minimum atomic E-state index is -4.04. The topological polar surface area (TPSA) is 104 Å². The summed E-state index contributed by atoms with van der Waals surface area (Å²) in [6.45, 7) is 0. The van der Waals surface area contributed by atoms with Gasteiger partial charge in [-0.3, -0.25) is 0 Å². The molecule has 3 rings (SSSR count). The van der Waals surface area contributed by atoms with Gasteiger partial charge in [-0.25, -0.2) is 27.4 Å². The maximum atomic E-state index is 14.6. The molecular formula is C18H16FN3O4S. The van der Waals surface area contributed by atoms with Crippen molar-refractivity contribution in [2.75, 3.05) is 7.11 Å². The van der Waals surface area contributed by atoms with Gasteiger partial charge in [-0.2, -0.15) is 5.10 Å². The molecule has 9 heteroatoms. The van der Waals surface area contributed by atoms with E-state index in [0.717, 1.165) is 11.6 Å². The highest BCUT2D eigenvalue weighted by molar-refractivity contribution is 7.89. The zero-order valence-corrected chi connectivity index (χ0v) is 15.1. The fourth-order valence-corrected chi connectivity index (χ4v) is 3.13. The number of sulfonamides is 1. The monoisotopic (exact) mass is 389 g/mol. The number of carbonyl (C=O) groups excluding carboxylic acids is 1. The Labute approximate surface area is 155 Å². The molecule has 0 aliphatic heterocycles. The summed E-state index contributed by atoms with van der Waals surface area (Å²) in [5.74, 6) is -1.50. The summed E-state index contributed by atoms with van der Waals surface area (Å²) in [4.78, 5) is 11.5.